The van der Waals surface area contributed by atoms with Crippen LogP contribution >= 0.6 is 0 Å². The first kappa shape index (κ1) is 16.6. The molecule has 0 saturated heterocycles. The molecule has 0 bridgehead atoms. The van der Waals surface area contributed by atoms with E-state index in [0.29, 0.717) is 12.2 Å². The highest BCUT2D eigenvalue weighted by molar-refractivity contribution is 5.63. The standard InChI is InChI=1S/C20H19N7O/c1-13-7-18-21-5-3-19(28)27(18)24-20(13)26-6-4-17-15(12-26)8-14(9-22-17)16-10-23-25(2)11-16/h3,5,7-11H,4,6,12H2,1-2H3. The van der Waals surface area contributed by atoms with E-state index in [4.69, 9.17) is 0 Å². The Balaban J connectivity index is 1.53. The van der Waals surface area contributed by atoms with E-state index in [1.165, 1.54) is 22.3 Å². The number of hydrogen-bond donors (Lipinski definition) is 0. The van der Waals surface area contributed by atoms with Gasteiger partial charge in [0, 0.05) is 68.0 Å². The Hall–Kier alpha value is -3.55. The molecule has 0 saturated carbocycles. The van der Waals surface area contributed by atoms with Gasteiger partial charge in [-0.15, -0.1) is 5.10 Å². The molecular weight excluding hydrogens is 354 g/mol. The molecule has 0 unspecified atom stereocenters. The zero-order valence-electron chi connectivity index (χ0n) is 15.7. The second-order valence-electron chi connectivity index (χ2n) is 7.11. The minimum absolute atomic E-state index is 0.177. The predicted molar refractivity (Wildman–Crippen MR) is 105 cm³/mol. The Kier molecular flexibility index (Phi) is 3.71. The summed E-state index contributed by atoms with van der Waals surface area (Å²) in [7, 11) is 1.90. The molecule has 28 heavy (non-hydrogen) atoms. The van der Waals surface area contributed by atoms with Crippen LogP contribution in [-0.2, 0) is 20.0 Å². The summed E-state index contributed by atoms with van der Waals surface area (Å²) in [5.74, 6) is 0.806. The lowest BCUT2D eigenvalue weighted by Crippen LogP contribution is -2.33. The third kappa shape index (κ3) is 2.74. The number of aryl methyl sites for hydroxylation is 2. The van der Waals surface area contributed by atoms with Gasteiger partial charge in [-0.3, -0.25) is 14.5 Å². The van der Waals surface area contributed by atoms with Crippen molar-refractivity contribution in [3.63, 3.8) is 0 Å². The van der Waals surface area contributed by atoms with Crippen molar-refractivity contribution in [1.29, 1.82) is 0 Å². The van der Waals surface area contributed by atoms with E-state index in [2.05, 4.69) is 31.1 Å². The maximum atomic E-state index is 12.2. The molecule has 0 fully saturated rings. The van der Waals surface area contributed by atoms with Crippen molar-refractivity contribution in [2.24, 2.45) is 7.05 Å². The smallest absolute Gasteiger partial charge is 0.274 e. The third-order valence-corrected chi connectivity index (χ3v) is 5.12. The monoisotopic (exact) mass is 373 g/mol. The topological polar surface area (TPSA) is 81.2 Å². The van der Waals surface area contributed by atoms with Gasteiger partial charge in [0.2, 0.25) is 0 Å². The Morgan fingerprint density at radius 3 is 2.82 bits per heavy atom. The number of aromatic nitrogens is 6. The van der Waals surface area contributed by atoms with Crippen LogP contribution in [0.3, 0.4) is 0 Å². The van der Waals surface area contributed by atoms with Crippen molar-refractivity contribution in [1.82, 2.24) is 29.4 Å². The third-order valence-electron chi connectivity index (χ3n) is 5.12. The summed E-state index contributed by atoms with van der Waals surface area (Å²) in [5.41, 5.74) is 5.77. The molecule has 0 N–H and O–H groups in total. The van der Waals surface area contributed by atoms with Gasteiger partial charge in [0.15, 0.2) is 11.5 Å². The van der Waals surface area contributed by atoms with Gasteiger partial charge in [-0.2, -0.15) is 9.61 Å². The first-order valence-corrected chi connectivity index (χ1v) is 9.16. The lowest BCUT2D eigenvalue weighted by molar-refractivity contribution is 0.685. The summed E-state index contributed by atoms with van der Waals surface area (Å²) in [6.45, 7) is 3.51. The van der Waals surface area contributed by atoms with E-state index in [0.717, 1.165) is 41.2 Å². The van der Waals surface area contributed by atoms with Gasteiger partial charge in [-0.05, 0) is 30.2 Å². The molecule has 0 radical (unpaired) electrons. The number of nitrogens with zero attached hydrogens (tertiary/aromatic N) is 7. The average Bonchev–Trinajstić information content (AvgIpc) is 3.13. The molecular formula is C20H19N7O. The SMILES string of the molecule is Cc1cc2nccc(=O)n2nc1N1CCc2ncc(-c3cnn(C)c3)cc2C1. The Bertz CT molecular complexity index is 1260. The molecule has 0 spiro atoms. The van der Waals surface area contributed by atoms with Crippen LogP contribution in [0.4, 0.5) is 5.82 Å². The molecule has 0 aliphatic carbocycles. The summed E-state index contributed by atoms with van der Waals surface area (Å²) in [4.78, 5) is 23.3. The molecule has 1 aliphatic rings. The van der Waals surface area contributed by atoms with Gasteiger partial charge in [0.1, 0.15) is 0 Å². The van der Waals surface area contributed by atoms with Crippen molar-refractivity contribution < 1.29 is 0 Å². The van der Waals surface area contributed by atoms with Crippen LogP contribution in [0.25, 0.3) is 16.8 Å². The maximum Gasteiger partial charge on any atom is 0.274 e. The van der Waals surface area contributed by atoms with Gasteiger partial charge in [-0.1, -0.05) is 0 Å². The Morgan fingerprint density at radius 1 is 1.11 bits per heavy atom. The molecule has 8 heteroatoms. The van der Waals surface area contributed by atoms with E-state index >= 15 is 0 Å². The fourth-order valence-corrected chi connectivity index (χ4v) is 3.69. The first-order valence-electron chi connectivity index (χ1n) is 9.16. The molecule has 0 aromatic carbocycles. The molecule has 8 nitrogen and oxygen atoms in total. The quantitative estimate of drug-likeness (QED) is 0.533. The van der Waals surface area contributed by atoms with Crippen molar-refractivity contribution in [3.8, 4) is 11.1 Å². The number of rotatable bonds is 2. The highest BCUT2D eigenvalue weighted by atomic mass is 16.1. The van der Waals surface area contributed by atoms with Crippen LogP contribution in [0, 0.1) is 6.92 Å². The number of fused-ring (bicyclic) bond motifs is 2. The maximum absolute atomic E-state index is 12.2. The number of hydrogen-bond acceptors (Lipinski definition) is 6. The van der Waals surface area contributed by atoms with Gasteiger partial charge < -0.3 is 4.90 Å². The average molecular weight is 373 g/mol. The van der Waals surface area contributed by atoms with Crippen LogP contribution in [-0.4, -0.2) is 35.9 Å². The van der Waals surface area contributed by atoms with Crippen molar-refractivity contribution in [3.05, 3.63) is 70.2 Å². The molecule has 5 rings (SSSR count). The lowest BCUT2D eigenvalue weighted by atomic mass is 10.0. The molecule has 4 aromatic rings. The molecule has 0 amide bonds. The Morgan fingerprint density at radius 2 is 2.00 bits per heavy atom. The minimum atomic E-state index is -0.177. The van der Waals surface area contributed by atoms with Crippen LogP contribution in [0.15, 0.2) is 47.8 Å². The van der Waals surface area contributed by atoms with Crippen LogP contribution in [0.2, 0.25) is 0 Å². The van der Waals surface area contributed by atoms with Gasteiger partial charge in [-0.25, -0.2) is 4.98 Å². The second kappa shape index (κ2) is 6.26. The molecule has 0 atom stereocenters. The van der Waals surface area contributed by atoms with E-state index in [9.17, 15) is 4.79 Å². The normalized spacial score (nSPS) is 13.7. The zero-order valence-corrected chi connectivity index (χ0v) is 15.7. The molecule has 140 valence electrons. The molecule has 1 aliphatic heterocycles. The van der Waals surface area contributed by atoms with Crippen LogP contribution in [0.5, 0.6) is 0 Å². The lowest BCUT2D eigenvalue weighted by Gasteiger charge is -2.30. The molecule has 4 aromatic heterocycles. The van der Waals surface area contributed by atoms with E-state index in [-0.39, 0.29) is 5.56 Å². The predicted octanol–water partition coefficient (Wildman–Crippen LogP) is 1.76. The van der Waals surface area contributed by atoms with Crippen molar-refractivity contribution in [2.45, 2.75) is 19.9 Å². The largest absolute Gasteiger partial charge is 0.350 e. The van der Waals surface area contributed by atoms with Gasteiger partial charge >= 0.3 is 0 Å². The first-order chi connectivity index (χ1) is 13.6. The van der Waals surface area contributed by atoms with E-state index < -0.39 is 0 Å². The summed E-state index contributed by atoms with van der Waals surface area (Å²) in [6.07, 6.45) is 8.10. The van der Waals surface area contributed by atoms with Gasteiger partial charge in [0.05, 0.1) is 6.20 Å². The molecule has 5 heterocycles. The highest BCUT2D eigenvalue weighted by Crippen LogP contribution is 2.27. The number of anilines is 1. The van der Waals surface area contributed by atoms with Gasteiger partial charge in [0.25, 0.3) is 5.56 Å². The van der Waals surface area contributed by atoms with Crippen LogP contribution < -0.4 is 10.5 Å². The zero-order chi connectivity index (χ0) is 19.3. The summed E-state index contributed by atoms with van der Waals surface area (Å²) in [5, 5.41) is 8.84. The summed E-state index contributed by atoms with van der Waals surface area (Å²) < 4.78 is 3.15. The Labute approximate surface area is 161 Å². The summed E-state index contributed by atoms with van der Waals surface area (Å²) in [6, 6.07) is 5.51. The second-order valence-corrected chi connectivity index (χ2v) is 7.11. The van der Waals surface area contributed by atoms with E-state index in [1.54, 1.807) is 4.68 Å². The number of pyridine rings is 1. The van der Waals surface area contributed by atoms with Crippen molar-refractivity contribution >= 4 is 11.5 Å². The van der Waals surface area contributed by atoms with Crippen molar-refractivity contribution in [2.75, 3.05) is 11.4 Å². The fraction of sp³-hybridized carbons (Fsp3) is 0.250. The fourth-order valence-electron chi connectivity index (χ4n) is 3.69. The highest BCUT2D eigenvalue weighted by Gasteiger charge is 2.21. The van der Waals surface area contributed by atoms with Crippen LogP contribution in [0.1, 0.15) is 16.8 Å². The van der Waals surface area contributed by atoms with E-state index in [1.807, 2.05) is 38.6 Å². The summed E-state index contributed by atoms with van der Waals surface area (Å²) >= 11 is 0. The minimum Gasteiger partial charge on any atom is -0.350 e.